The summed E-state index contributed by atoms with van der Waals surface area (Å²) in [5.74, 6) is 0. The standard InChI is InChI=1S/C39H58N2/c1-5-9-13-15-17-19-29-37-36(28-18-16-14-10-6-2)38(34-26-20-24-32(30-34)22-11-7-3)41(40)39(37)35-27-21-25-33(31-35)23-12-8-4/h20-21,24-27,30-31H,5-19,22-23,28-29H2,1-4H3. The van der Waals surface area contributed by atoms with E-state index in [1.165, 1.54) is 130 Å². The van der Waals surface area contributed by atoms with E-state index in [1.54, 1.807) is 4.70 Å². The maximum atomic E-state index is 12.1. The Labute approximate surface area is 252 Å². The Morgan fingerprint density at radius 2 is 0.854 bits per heavy atom. The van der Waals surface area contributed by atoms with Crippen molar-refractivity contribution in [2.45, 2.75) is 150 Å². The van der Waals surface area contributed by atoms with Gasteiger partial charge in [-0.3, -0.25) is 0 Å². The summed E-state index contributed by atoms with van der Waals surface area (Å²) < 4.78 is 1.59. The first-order chi connectivity index (χ1) is 20.1. The first kappa shape index (κ1) is 33.0. The summed E-state index contributed by atoms with van der Waals surface area (Å²) in [5.41, 5.74) is 22.0. The quantitative estimate of drug-likeness (QED) is 0.108. The average molecular weight is 555 g/mol. The van der Waals surface area contributed by atoms with Gasteiger partial charge in [0.1, 0.15) is 0 Å². The predicted molar refractivity (Wildman–Crippen MR) is 179 cm³/mol. The van der Waals surface area contributed by atoms with Crippen LogP contribution in [0.4, 0.5) is 0 Å². The Hall–Kier alpha value is -2.48. The summed E-state index contributed by atoms with van der Waals surface area (Å²) in [5, 5.41) is 0. The Balaban J connectivity index is 2.03. The normalized spacial score (nSPS) is 13.6. The third kappa shape index (κ3) is 10.1. The molecule has 1 aliphatic heterocycles. The molecule has 224 valence electrons. The molecule has 0 unspecified atom stereocenters. The van der Waals surface area contributed by atoms with Crippen LogP contribution in [-0.4, -0.2) is 4.70 Å². The number of benzene rings is 2. The minimum atomic E-state index is 1.04. The highest BCUT2D eigenvalue weighted by molar-refractivity contribution is 5.82. The van der Waals surface area contributed by atoms with Crippen LogP contribution in [0.3, 0.4) is 0 Å². The van der Waals surface area contributed by atoms with E-state index < -0.39 is 0 Å². The zero-order valence-corrected chi connectivity index (χ0v) is 26.9. The monoisotopic (exact) mass is 554 g/mol. The molecule has 0 saturated heterocycles. The molecule has 0 spiro atoms. The molecule has 0 aromatic heterocycles. The van der Waals surface area contributed by atoms with Gasteiger partial charge in [0.25, 0.3) is 0 Å². The van der Waals surface area contributed by atoms with Gasteiger partial charge in [-0.1, -0.05) is 123 Å². The van der Waals surface area contributed by atoms with Gasteiger partial charge in [-0.15, -0.1) is 0 Å². The van der Waals surface area contributed by atoms with Gasteiger partial charge in [0.2, 0.25) is 11.4 Å². The van der Waals surface area contributed by atoms with Crippen LogP contribution >= 0.6 is 0 Å². The molecule has 2 aromatic rings. The lowest BCUT2D eigenvalue weighted by Crippen LogP contribution is -2.03. The van der Waals surface area contributed by atoms with Gasteiger partial charge in [-0.2, -0.15) is 0 Å². The Morgan fingerprint density at radius 3 is 1.27 bits per heavy atom. The molecule has 0 aliphatic carbocycles. The van der Waals surface area contributed by atoms with Crippen molar-refractivity contribution in [1.29, 1.82) is 0 Å². The average Bonchev–Trinajstić information content (AvgIpc) is 3.27. The molecule has 2 aromatic carbocycles. The van der Waals surface area contributed by atoms with E-state index >= 15 is 0 Å². The van der Waals surface area contributed by atoms with E-state index in [4.69, 9.17) is 0 Å². The van der Waals surface area contributed by atoms with E-state index in [2.05, 4.69) is 76.2 Å². The highest BCUT2D eigenvalue weighted by Gasteiger charge is 2.35. The number of aryl methyl sites for hydroxylation is 2. The molecule has 0 bridgehead atoms. The minimum Gasteiger partial charge on any atom is -0.493 e. The molecule has 2 nitrogen and oxygen atoms in total. The molecule has 2 heteroatoms. The third-order valence-corrected chi connectivity index (χ3v) is 8.71. The van der Waals surface area contributed by atoms with Gasteiger partial charge in [0, 0.05) is 22.3 Å². The van der Waals surface area contributed by atoms with Gasteiger partial charge in [0.05, 0.1) is 0 Å². The lowest BCUT2D eigenvalue weighted by atomic mass is 9.90. The van der Waals surface area contributed by atoms with Crippen LogP contribution in [0.5, 0.6) is 0 Å². The van der Waals surface area contributed by atoms with E-state index in [-0.39, 0.29) is 0 Å². The highest BCUT2D eigenvalue weighted by atomic mass is 15.2. The smallest absolute Gasteiger partial charge is 0.211 e. The summed E-state index contributed by atoms with van der Waals surface area (Å²) in [6, 6.07) is 18.0. The largest absolute Gasteiger partial charge is 0.493 e. The van der Waals surface area contributed by atoms with Gasteiger partial charge in [0.15, 0.2) is 0 Å². The molecule has 0 atom stereocenters. The van der Waals surface area contributed by atoms with Crippen LogP contribution < -0.4 is 0 Å². The lowest BCUT2D eigenvalue weighted by molar-refractivity contribution is -0.345. The molecular weight excluding hydrogens is 496 g/mol. The third-order valence-electron chi connectivity index (χ3n) is 8.71. The lowest BCUT2D eigenvalue weighted by Gasteiger charge is -2.11. The topological polar surface area (TPSA) is 25.3 Å². The number of allylic oxidation sites excluding steroid dienone is 2. The molecule has 0 amide bonds. The summed E-state index contributed by atoms with van der Waals surface area (Å²) in [4.78, 5) is 0. The second kappa shape index (κ2) is 18.9. The molecular formula is C39H58N2. The van der Waals surface area contributed by atoms with Gasteiger partial charge >= 0.3 is 0 Å². The number of hydrogen-bond donors (Lipinski definition) is 0. The van der Waals surface area contributed by atoms with Crippen molar-refractivity contribution in [3.05, 3.63) is 87.5 Å². The van der Waals surface area contributed by atoms with E-state index in [9.17, 15) is 5.53 Å². The fourth-order valence-corrected chi connectivity index (χ4v) is 6.28. The predicted octanol–water partition coefficient (Wildman–Crippen LogP) is 12.7. The van der Waals surface area contributed by atoms with Crippen LogP contribution in [0, 0.1) is 0 Å². The molecule has 41 heavy (non-hydrogen) atoms. The summed E-state index contributed by atoms with van der Waals surface area (Å²) in [7, 11) is 0. The van der Waals surface area contributed by atoms with E-state index in [0.717, 1.165) is 37.1 Å². The Bertz CT molecular complexity index is 1140. The van der Waals surface area contributed by atoms with Crippen LogP contribution in [0.25, 0.3) is 16.9 Å². The maximum absolute atomic E-state index is 12.1. The van der Waals surface area contributed by atoms with Crippen LogP contribution in [0.2, 0.25) is 0 Å². The number of unbranched alkanes of at least 4 members (excludes halogenated alkanes) is 11. The van der Waals surface area contributed by atoms with Crippen molar-refractivity contribution in [3.63, 3.8) is 0 Å². The minimum absolute atomic E-state index is 1.04. The second-order valence-electron chi connectivity index (χ2n) is 12.3. The number of nitrogens with zero attached hydrogens (tertiary/aromatic N) is 2. The van der Waals surface area contributed by atoms with Crippen LogP contribution in [-0.2, 0) is 12.8 Å². The fourth-order valence-electron chi connectivity index (χ4n) is 6.28. The highest BCUT2D eigenvalue weighted by Crippen LogP contribution is 2.45. The molecule has 1 heterocycles. The van der Waals surface area contributed by atoms with Gasteiger partial charge < -0.3 is 5.53 Å². The Kier molecular flexibility index (Phi) is 15.2. The van der Waals surface area contributed by atoms with Crippen molar-refractivity contribution in [2.75, 3.05) is 0 Å². The SMILES string of the molecule is CCCCCCCCC1=C(c2cccc(CCCC)c2)[N+](=[N-])C(c2cccc(CCCC)c2)=C1CCCCCCC. The fraction of sp³-hybridized carbons (Fsp3) is 0.590. The van der Waals surface area contributed by atoms with Crippen molar-refractivity contribution >= 4 is 11.4 Å². The summed E-state index contributed by atoms with van der Waals surface area (Å²) in [6.07, 6.45) is 23.1. The summed E-state index contributed by atoms with van der Waals surface area (Å²) in [6.45, 7) is 9.09. The molecule has 3 rings (SSSR count). The first-order valence-electron chi connectivity index (χ1n) is 17.3. The summed E-state index contributed by atoms with van der Waals surface area (Å²) >= 11 is 0. The van der Waals surface area contributed by atoms with Crippen molar-refractivity contribution in [2.24, 2.45) is 0 Å². The van der Waals surface area contributed by atoms with Crippen molar-refractivity contribution in [1.82, 2.24) is 0 Å². The molecule has 0 N–H and O–H groups in total. The number of hydrogen-bond acceptors (Lipinski definition) is 0. The van der Waals surface area contributed by atoms with Gasteiger partial charge in [-0.25, -0.2) is 4.70 Å². The zero-order chi connectivity index (χ0) is 29.3. The van der Waals surface area contributed by atoms with Crippen molar-refractivity contribution in [3.8, 4) is 0 Å². The second-order valence-corrected chi connectivity index (χ2v) is 12.3. The Morgan fingerprint density at radius 1 is 0.463 bits per heavy atom. The molecule has 1 aliphatic rings. The number of rotatable bonds is 21. The first-order valence-corrected chi connectivity index (χ1v) is 17.3. The molecule has 0 radical (unpaired) electrons. The maximum Gasteiger partial charge on any atom is 0.211 e. The van der Waals surface area contributed by atoms with E-state index in [0.29, 0.717) is 0 Å². The van der Waals surface area contributed by atoms with Crippen LogP contribution in [0.15, 0.2) is 59.7 Å². The van der Waals surface area contributed by atoms with E-state index in [1.807, 2.05) is 0 Å². The zero-order valence-electron chi connectivity index (χ0n) is 26.9. The van der Waals surface area contributed by atoms with Crippen molar-refractivity contribution < 1.29 is 4.70 Å². The van der Waals surface area contributed by atoms with Crippen LogP contribution in [0.1, 0.15) is 159 Å². The molecule has 0 saturated carbocycles. The van der Waals surface area contributed by atoms with Gasteiger partial charge in [-0.05, 0) is 86.8 Å². The molecule has 0 fully saturated rings.